The summed E-state index contributed by atoms with van der Waals surface area (Å²) in [6.07, 6.45) is 6.72. The fourth-order valence-corrected chi connectivity index (χ4v) is 3.99. The van der Waals surface area contributed by atoms with Gasteiger partial charge in [-0.1, -0.05) is 11.6 Å². The van der Waals surface area contributed by atoms with Crippen LogP contribution in [0, 0.1) is 13.8 Å². The molecule has 1 unspecified atom stereocenters. The van der Waals surface area contributed by atoms with Gasteiger partial charge in [-0.3, -0.25) is 9.69 Å². The molecule has 7 heteroatoms. The van der Waals surface area contributed by atoms with E-state index in [-0.39, 0.29) is 24.2 Å². The molecule has 1 aromatic rings. The Balaban J connectivity index is 1.40. The zero-order chi connectivity index (χ0) is 19.4. The van der Waals surface area contributed by atoms with Gasteiger partial charge in [0.25, 0.3) is 0 Å². The van der Waals surface area contributed by atoms with Crippen molar-refractivity contribution in [2.45, 2.75) is 71.6 Å². The van der Waals surface area contributed by atoms with E-state index in [4.69, 9.17) is 4.74 Å². The first-order valence-electron chi connectivity index (χ1n) is 10.0. The number of nitrogens with one attached hydrogen (secondary N) is 1. The zero-order valence-electron chi connectivity index (χ0n) is 17.1. The summed E-state index contributed by atoms with van der Waals surface area (Å²) in [4.78, 5) is 18.9. The number of likely N-dealkylation sites (tertiary alicyclic amines) is 1. The average molecular weight is 376 g/mol. The lowest BCUT2D eigenvalue weighted by molar-refractivity contribution is -0.123. The molecule has 2 aliphatic rings. The molecule has 0 aromatic carbocycles. The Kier molecular flexibility index (Phi) is 6.32. The molecule has 1 amide bonds. The number of ether oxygens (including phenoxy) is 1. The maximum absolute atomic E-state index is 12.2. The Hall–Kier alpha value is -1.73. The molecule has 150 valence electrons. The highest BCUT2D eigenvalue weighted by Gasteiger charge is 2.42. The van der Waals surface area contributed by atoms with Crippen LogP contribution in [-0.2, 0) is 16.1 Å². The van der Waals surface area contributed by atoms with Crippen LogP contribution in [0.4, 0.5) is 0 Å². The Morgan fingerprint density at radius 3 is 2.67 bits per heavy atom. The van der Waals surface area contributed by atoms with Crippen molar-refractivity contribution in [3.8, 4) is 0 Å². The Labute approximate surface area is 162 Å². The van der Waals surface area contributed by atoms with Gasteiger partial charge in [0.15, 0.2) is 0 Å². The molecule has 0 saturated carbocycles. The fraction of sp³-hybridized carbons (Fsp3) is 0.750. The number of carbonyl (C=O) groups excluding carboxylic acids is 1. The lowest BCUT2D eigenvalue weighted by atomic mass is 9.88. The summed E-state index contributed by atoms with van der Waals surface area (Å²) in [5, 5.41) is 7.24. The third-order valence-corrected chi connectivity index (χ3v) is 5.65. The van der Waals surface area contributed by atoms with Crippen LogP contribution in [0.3, 0.4) is 0 Å². The maximum atomic E-state index is 12.2. The molecular formula is C20H33N5O2. The lowest BCUT2D eigenvalue weighted by Crippen LogP contribution is -2.45. The smallest absolute Gasteiger partial charge is 0.241 e. The van der Waals surface area contributed by atoms with E-state index in [0.29, 0.717) is 12.4 Å². The largest absolute Gasteiger partial charge is 0.370 e. The molecule has 2 fully saturated rings. The molecule has 0 radical (unpaired) electrons. The van der Waals surface area contributed by atoms with E-state index in [2.05, 4.69) is 40.2 Å². The van der Waals surface area contributed by atoms with E-state index in [9.17, 15) is 4.79 Å². The first kappa shape index (κ1) is 20.0. The molecule has 0 bridgehead atoms. The molecule has 1 N–H and O–H groups in total. The van der Waals surface area contributed by atoms with Crippen LogP contribution in [0.25, 0.3) is 0 Å². The highest BCUT2D eigenvalue weighted by Crippen LogP contribution is 2.38. The number of hydrogen-bond acceptors (Lipinski definition) is 5. The summed E-state index contributed by atoms with van der Waals surface area (Å²) >= 11 is 0. The number of nitrogens with zero attached hydrogens (tertiary/aromatic N) is 4. The maximum Gasteiger partial charge on any atom is 0.241 e. The van der Waals surface area contributed by atoms with Gasteiger partial charge in [0.1, 0.15) is 18.2 Å². The van der Waals surface area contributed by atoms with Crippen LogP contribution >= 0.6 is 0 Å². The van der Waals surface area contributed by atoms with Crippen molar-refractivity contribution in [2.24, 2.45) is 0 Å². The zero-order valence-corrected chi connectivity index (χ0v) is 17.1. The van der Waals surface area contributed by atoms with E-state index in [0.717, 1.165) is 51.1 Å². The van der Waals surface area contributed by atoms with E-state index in [1.165, 1.54) is 5.57 Å². The Bertz CT molecular complexity index is 685. The normalized spacial score (nSPS) is 22.1. The van der Waals surface area contributed by atoms with Crippen molar-refractivity contribution in [3.63, 3.8) is 0 Å². The molecule has 3 rings (SSSR count). The standard InChI is InChI=1S/C20H33N5O2/c1-15(2)6-10-24-11-8-20(9-12-24)7-5-18(27-20)13-21-19(26)14-25-17(4)22-16(3)23-25/h6,18H,5,7-14H2,1-4H3,(H,21,26). The van der Waals surface area contributed by atoms with Crippen molar-refractivity contribution in [2.75, 3.05) is 26.2 Å². The van der Waals surface area contributed by atoms with Gasteiger partial charge in [-0.15, -0.1) is 0 Å². The minimum absolute atomic E-state index is 0.0243. The molecule has 1 spiro atoms. The van der Waals surface area contributed by atoms with Crippen LogP contribution in [-0.4, -0.2) is 63.5 Å². The predicted molar refractivity (Wildman–Crippen MR) is 104 cm³/mol. The summed E-state index contributed by atoms with van der Waals surface area (Å²) in [7, 11) is 0. The predicted octanol–water partition coefficient (Wildman–Crippen LogP) is 1.99. The Morgan fingerprint density at radius 1 is 1.30 bits per heavy atom. The van der Waals surface area contributed by atoms with Crippen LogP contribution < -0.4 is 5.32 Å². The number of carbonyl (C=O) groups is 1. The molecule has 2 saturated heterocycles. The van der Waals surface area contributed by atoms with Gasteiger partial charge in [-0.05, 0) is 53.4 Å². The Morgan fingerprint density at radius 2 is 2.04 bits per heavy atom. The summed E-state index contributed by atoms with van der Waals surface area (Å²) in [5.41, 5.74) is 1.40. The highest BCUT2D eigenvalue weighted by molar-refractivity contribution is 5.75. The van der Waals surface area contributed by atoms with Gasteiger partial charge >= 0.3 is 0 Å². The number of aryl methyl sites for hydroxylation is 2. The molecular weight excluding hydrogens is 342 g/mol. The monoisotopic (exact) mass is 375 g/mol. The lowest BCUT2D eigenvalue weighted by Gasteiger charge is -2.39. The second kappa shape index (κ2) is 8.52. The van der Waals surface area contributed by atoms with Crippen molar-refractivity contribution in [1.82, 2.24) is 25.0 Å². The second-order valence-electron chi connectivity index (χ2n) is 8.21. The topological polar surface area (TPSA) is 72.3 Å². The molecule has 7 nitrogen and oxygen atoms in total. The van der Waals surface area contributed by atoms with Crippen LogP contribution in [0.5, 0.6) is 0 Å². The minimum Gasteiger partial charge on any atom is -0.370 e. The van der Waals surface area contributed by atoms with E-state index >= 15 is 0 Å². The quantitative estimate of drug-likeness (QED) is 0.770. The first-order chi connectivity index (χ1) is 12.8. The minimum atomic E-state index is -0.0379. The highest BCUT2D eigenvalue weighted by atomic mass is 16.5. The van der Waals surface area contributed by atoms with E-state index in [1.807, 2.05) is 13.8 Å². The first-order valence-corrected chi connectivity index (χ1v) is 10.0. The van der Waals surface area contributed by atoms with Crippen molar-refractivity contribution >= 4 is 5.91 Å². The SMILES string of the molecule is CC(C)=CCN1CCC2(CCC(CNC(=O)Cn3nc(C)nc3C)O2)CC1. The van der Waals surface area contributed by atoms with E-state index < -0.39 is 0 Å². The van der Waals surface area contributed by atoms with E-state index in [1.54, 1.807) is 4.68 Å². The number of allylic oxidation sites excluding steroid dienone is 1. The number of aromatic nitrogens is 3. The van der Waals surface area contributed by atoms with Gasteiger partial charge < -0.3 is 10.1 Å². The average Bonchev–Trinajstić information content (AvgIpc) is 3.15. The van der Waals surface area contributed by atoms with Crippen molar-refractivity contribution in [3.05, 3.63) is 23.3 Å². The molecule has 0 aliphatic carbocycles. The van der Waals surface area contributed by atoms with Gasteiger partial charge in [0.2, 0.25) is 5.91 Å². The number of hydrogen-bond donors (Lipinski definition) is 1. The third kappa shape index (κ3) is 5.39. The summed E-state index contributed by atoms with van der Waals surface area (Å²) in [6, 6.07) is 0. The fourth-order valence-electron chi connectivity index (χ4n) is 3.99. The number of rotatable bonds is 6. The van der Waals surface area contributed by atoms with Crippen molar-refractivity contribution in [1.29, 1.82) is 0 Å². The molecule has 3 heterocycles. The summed E-state index contributed by atoms with van der Waals surface area (Å²) < 4.78 is 8.04. The van der Waals surface area contributed by atoms with Gasteiger partial charge in [0.05, 0.1) is 11.7 Å². The third-order valence-electron chi connectivity index (χ3n) is 5.65. The van der Waals surface area contributed by atoms with Crippen LogP contribution in [0.1, 0.15) is 51.2 Å². The summed E-state index contributed by atoms with van der Waals surface area (Å²) in [5.74, 6) is 1.42. The second-order valence-corrected chi connectivity index (χ2v) is 8.21. The van der Waals surface area contributed by atoms with Crippen LogP contribution in [0.2, 0.25) is 0 Å². The summed E-state index contributed by atoms with van der Waals surface area (Å²) in [6.45, 7) is 12.0. The number of piperidine rings is 1. The number of amides is 1. The van der Waals surface area contributed by atoms with Gasteiger partial charge in [-0.2, -0.15) is 5.10 Å². The molecule has 1 aromatic heterocycles. The van der Waals surface area contributed by atoms with Crippen molar-refractivity contribution < 1.29 is 9.53 Å². The molecule has 27 heavy (non-hydrogen) atoms. The van der Waals surface area contributed by atoms with Crippen LogP contribution in [0.15, 0.2) is 11.6 Å². The van der Waals surface area contributed by atoms with Gasteiger partial charge in [-0.25, -0.2) is 9.67 Å². The molecule has 1 atom stereocenters. The van der Waals surface area contributed by atoms with Gasteiger partial charge in [0, 0.05) is 26.2 Å². The molecule has 2 aliphatic heterocycles.